The van der Waals surface area contributed by atoms with E-state index in [4.69, 9.17) is 11.6 Å². The minimum atomic E-state index is -0.250. The van der Waals surface area contributed by atoms with E-state index in [1.54, 1.807) is 6.20 Å². The Balaban J connectivity index is 1.52. The van der Waals surface area contributed by atoms with Crippen LogP contribution in [0, 0.1) is 0 Å². The Morgan fingerprint density at radius 1 is 1.10 bits per heavy atom. The number of fused-ring (bicyclic) bond motifs is 2. The van der Waals surface area contributed by atoms with Gasteiger partial charge in [0.2, 0.25) is 0 Å². The molecule has 0 saturated heterocycles. The van der Waals surface area contributed by atoms with E-state index in [1.165, 1.54) is 11.3 Å². The first-order chi connectivity index (χ1) is 14.1. The second kappa shape index (κ2) is 6.99. The number of rotatable bonds is 4. The van der Waals surface area contributed by atoms with Crippen LogP contribution >= 0.6 is 22.9 Å². The molecule has 0 aliphatic rings. The van der Waals surface area contributed by atoms with E-state index in [1.807, 2.05) is 54.6 Å². The monoisotopic (exact) mass is 419 g/mol. The average molecular weight is 420 g/mol. The smallest absolute Gasteiger partial charge is 0.268 e. The van der Waals surface area contributed by atoms with Crippen LogP contribution < -0.4 is 5.56 Å². The van der Waals surface area contributed by atoms with Crippen LogP contribution in [-0.4, -0.2) is 20.7 Å². The molecule has 0 radical (unpaired) electrons. The maximum atomic E-state index is 12.8. The third-order valence-corrected chi connectivity index (χ3v) is 6.27. The van der Waals surface area contributed by atoms with Crippen LogP contribution in [0.2, 0.25) is 5.02 Å². The maximum absolute atomic E-state index is 12.8. The first-order valence-corrected chi connectivity index (χ1v) is 10.2. The van der Waals surface area contributed by atoms with E-state index in [-0.39, 0.29) is 17.8 Å². The van der Waals surface area contributed by atoms with Gasteiger partial charge in [0.25, 0.3) is 5.56 Å². The number of thiophene rings is 1. The highest BCUT2D eigenvalue weighted by Gasteiger charge is 2.16. The molecule has 0 bridgehead atoms. The fourth-order valence-corrected chi connectivity index (χ4v) is 4.74. The minimum absolute atomic E-state index is 0.0182. The highest BCUT2D eigenvalue weighted by atomic mass is 35.5. The van der Waals surface area contributed by atoms with Crippen LogP contribution in [0.15, 0.2) is 65.6 Å². The number of benzene rings is 2. The van der Waals surface area contributed by atoms with Crippen LogP contribution in [-0.2, 0) is 6.42 Å². The molecule has 2 N–H and O–H groups in total. The van der Waals surface area contributed by atoms with Crippen molar-refractivity contribution in [1.29, 1.82) is 0 Å². The van der Waals surface area contributed by atoms with Crippen molar-refractivity contribution in [2.45, 2.75) is 6.42 Å². The van der Waals surface area contributed by atoms with Gasteiger partial charge in [0.1, 0.15) is 10.5 Å². The summed E-state index contributed by atoms with van der Waals surface area (Å²) in [5.41, 5.74) is 2.66. The average Bonchev–Trinajstić information content (AvgIpc) is 3.33. The normalized spacial score (nSPS) is 11.3. The molecule has 0 unspecified atom stereocenters. The highest BCUT2D eigenvalue weighted by molar-refractivity contribution is 7.22. The molecule has 0 aliphatic carbocycles. The van der Waals surface area contributed by atoms with Crippen molar-refractivity contribution < 1.29 is 4.79 Å². The summed E-state index contributed by atoms with van der Waals surface area (Å²) >= 11 is 7.62. The van der Waals surface area contributed by atoms with Gasteiger partial charge in [0, 0.05) is 38.1 Å². The number of halogens is 1. The summed E-state index contributed by atoms with van der Waals surface area (Å²) in [5.74, 6) is 0.243. The summed E-state index contributed by atoms with van der Waals surface area (Å²) in [5, 5.41) is 1.47. The molecule has 3 heterocycles. The lowest BCUT2D eigenvalue weighted by Gasteiger charge is -2.00. The summed E-state index contributed by atoms with van der Waals surface area (Å²) in [6.45, 7) is 0. The molecule has 7 heteroatoms. The van der Waals surface area contributed by atoms with E-state index in [0.717, 1.165) is 21.3 Å². The summed E-state index contributed by atoms with van der Waals surface area (Å²) < 4.78 is 0.517. The van der Waals surface area contributed by atoms with Crippen LogP contribution in [0.25, 0.3) is 31.6 Å². The second-order valence-electron chi connectivity index (χ2n) is 6.67. The number of H-pyrrole nitrogens is 2. The molecule has 29 heavy (non-hydrogen) atoms. The van der Waals surface area contributed by atoms with Crippen molar-refractivity contribution in [2.24, 2.45) is 0 Å². The van der Waals surface area contributed by atoms with Gasteiger partial charge in [-0.25, -0.2) is 4.98 Å². The van der Waals surface area contributed by atoms with E-state index < -0.39 is 0 Å². The number of ketones is 1. The molecule has 0 spiro atoms. The van der Waals surface area contributed by atoms with Gasteiger partial charge in [0.05, 0.1) is 11.9 Å². The van der Waals surface area contributed by atoms with Gasteiger partial charge in [-0.05, 0) is 18.2 Å². The van der Waals surface area contributed by atoms with Crippen LogP contribution in [0.5, 0.6) is 0 Å². The molecular weight excluding hydrogens is 406 g/mol. The Morgan fingerprint density at radius 3 is 2.76 bits per heavy atom. The van der Waals surface area contributed by atoms with Crippen LogP contribution in [0.1, 0.15) is 16.2 Å². The van der Waals surface area contributed by atoms with Gasteiger partial charge in [-0.1, -0.05) is 48.0 Å². The predicted octanol–water partition coefficient (Wildman–Crippen LogP) is 5.21. The van der Waals surface area contributed by atoms with Gasteiger partial charge < -0.3 is 9.97 Å². The minimum Gasteiger partial charge on any atom is -0.360 e. The van der Waals surface area contributed by atoms with E-state index in [2.05, 4.69) is 15.0 Å². The van der Waals surface area contributed by atoms with Crippen molar-refractivity contribution >= 4 is 49.8 Å². The summed E-state index contributed by atoms with van der Waals surface area (Å²) in [6.07, 6.45) is 1.72. The van der Waals surface area contributed by atoms with E-state index in [9.17, 15) is 9.59 Å². The summed E-state index contributed by atoms with van der Waals surface area (Å²) in [7, 11) is 0. The number of hydrogen-bond donors (Lipinski definition) is 2. The maximum Gasteiger partial charge on any atom is 0.268 e. The van der Waals surface area contributed by atoms with Crippen molar-refractivity contribution in [3.63, 3.8) is 0 Å². The third-order valence-electron chi connectivity index (χ3n) is 4.79. The largest absolute Gasteiger partial charge is 0.360 e. The molecule has 5 nitrogen and oxygen atoms in total. The molecule has 0 saturated carbocycles. The molecular formula is C22H14ClN3O2S. The molecule has 142 valence electrons. The van der Waals surface area contributed by atoms with Crippen molar-refractivity contribution in [3.05, 3.63) is 87.6 Å². The Morgan fingerprint density at radius 2 is 1.90 bits per heavy atom. The predicted molar refractivity (Wildman–Crippen MR) is 117 cm³/mol. The Hall–Kier alpha value is -3.22. The molecule has 0 atom stereocenters. The number of aromatic nitrogens is 3. The van der Waals surface area contributed by atoms with Gasteiger partial charge in [-0.2, -0.15) is 0 Å². The number of Topliss-reactive ketones (excluding diaryl/α,β-unsaturated/α-hetero) is 1. The standard InChI is InChI=1S/C22H14ClN3O2S/c23-15-7-3-1-6-13(15)19-9-17-21(29-19)22(28)26-20(25-17)10-18(27)14-11-24-16-8-4-2-5-12(14)16/h1-9,11,24H,10H2,(H,25,26,28). The molecule has 3 aromatic heterocycles. The van der Waals surface area contributed by atoms with Crippen molar-refractivity contribution in [1.82, 2.24) is 15.0 Å². The quantitative estimate of drug-likeness (QED) is 0.392. The number of carbonyl (C=O) groups excluding carboxylic acids is 1. The van der Waals surface area contributed by atoms with Crippen molar-refractivity contribution in [2.75, 3.05) is 0 Å². The van der Waals surface area contributed by atoms with Gasteiger partial charge in [0.15, 0.2) is 5.78 Å². The Bertz CT molecular complexity index is 1450. The Labute approximate surface area is 174 Å². The molecule has 5 rings (SSSR count). The molecule has 0 fully saturated rings. The SMILES string of the molecule is O=C(Cc1nc2cc(-c3ccccc3Cl)sc2c(=O)[nH]1)c1c[nH]c2ccccc12. The highest BCUT2D eigenvalue weighted by Crippen LogP contribution is 2.35. The molecule has 0 amide bonds. The lowest BCUT2D eigenvalue weighted by Crippen LogP contribution is -2.14. The fourth-order valence-electron chi connectivity index (χ4n) is 3.42. The lowest BCUT2D eigenvalue weighted by atomic mass is 10.1. The number of hydrogen-bond acceptors (Lipinski definition) is 4. The zero-order valence-corrected chi connectivity index (χ0v) is 16.6. The second-order valence-corrected chi connectivity index (χ2v) is 8.12. The fraction of sp³-hybridized carbons (Fsp3) is 0.0455. The van der Waals surface area contributed by atoms with Crippen molar-refractivity contribution in [3.8, 4) is 10.4 Å². The van der Waals surface area contributed by atoms with Gasteiger partial charge in [-0.3, -0.25) is 9.59 Å². The topological polar surface area (TPSA) is 78.6 Å². The summed E-state index contributed by atoms with van der Waals surface area (Å²) in [6, 6.07) is 16.9. The first-order valence-electron chi connectivity index (χ1n) is 8.97. The number of carbonyl (C=O) groups is 1. The zero-order valence-electron chi connectivity index (χ0n) is 15.0. The Kier molecular flexibility index (Phi) is 4.30. The number of aromatic amines is 2. The number of nitrogens with one attached hydrogen (secondary N) is 2. The van der Waals surface area contributed by atoms with Gasteiger partial charge >= 0.3 is 0 Å². The summed E-state index contributed by atoms with van der Waals surface area (Å²) in [4.78, 5) is 36.6. The molecule has 0 aliphatic heterocycles. The van der Waals surface area contributed by atoms with E-state index >= 15 is 0 Å². The van der Waals surface area contributed by atoms with Crippen LogP contribution in [0.3, 0.4) is 0 Å². The number of para-hydroxylation sites is 1. The van der Waals surface area contributed by atoms with E-state index in [0.29, 0.717) is 26.6 Å². The zero-order chi connectivity index (χ0) is 20.0. The molecule has 2 aromatic carbocycles. The number of nitrogens with zero attached hydrogens (tertiary/aromatic N) is 1. The lowest BCUT2D eigenvalue weighted by molar-refractivity contribution is 0.0992. The van der Waals surface area contributed by atoms with Gasteiger partial charge in [-0.15, -0.1) is 11.3 Å². The molecule has 5 aromatic rings. The first kappa shape index (κ1) is 17.8. The third kappa shape index (κ3) is 3.16. The van der Waals surface area contributed by atoms with Crippen LogP contribution in [0.4, 0.5) is 0 Å².